The van der Waals surface area contributed by atoms with Gasteiger partial charge in [-0.3, -0.25) is 0 Å². The summed E-state index contributed by atoms with van der Waals surface area (Å²) in [6.45, 7) is 1.98. The van der Waals surface area contributed by atoms with E-state index in [2.05, 4.69) is 0 Å². The van der Waals surface area contributed by atoms with Gasteiger partial charge >= 0.3 is 5.97 Å². The van der Waals surface area contributed by atoms with Crippen LogP contribution in [0.25, 0.3) is 0 Å². The predicted octanol–water partition coefficient (Wildman–Crippen LogP) is 0.477. The summed E-state index contributed by atoms with van der Waals surface area (Å²) in [6, 6.07) is 0. The third-order valence-electron chi connectivity index (χ3n) is 1.57. The third kappa shape index (κ3) is 2.32. The largest absolute Gasteiger partial charge is 0.456 e. The van der Waals surface area contributed by atoms with Gasteiger partial charge in [0.1, 0.15) is 19.0 Å². The number of hydrogen-bond acceptors (Lipinski definition) is 4. The maximum atomic E-state index is 10.7. The second-order valence-corrected chi connectivity index (χ2v) is 2.54. The van der Waals surface area contributed by atoms with E-state index in [0.29, 0.717) is 0 Å². The number of esters is 1. The average molecular weight is 172 g/mol. The minimum absolute atomic E-state index is 0.192. The van der Waals surface area contributed by atoms with Gasteiger partial charge in [0, 0.05) is 13.2 Å². The topological polar surface area (TPSA) is 44.8 Å². The molecule has 4 nitrogen and oxygen atoms in total. The molecule has 0 saturated carbocycles. The molecule has 0 N–H and O–H groups in total. The molecule has 12 heavy (non-hydrogen) atoms. The Kier molecular flexibility index (Phi) is 3.25. The van der Waals surface area contributed by atoms with Gasteiger partial charge in [-0.15, -0.1) is 0 Å². The van der Waals surface area contributed by atoms with Crippen molar-refractivity contribution in [3.8, 4) is 0 Å². The van der Waals surface area contributed by atoms with E-state index >= 15 is 0 Å². The Morgan fingerprint density at radius 2 is 2.42 bits per heavy atom. The van der Waals surface area contributed by atoms with Gasteiger partial charge in [0.25, 0.3) is 0 Å². The van der Waals surface area contributed by atoms with E-state index in [9.17, 15) is 4.79 Å². The molecule has 0 spiro atoms. The number of methoxy groups -OCH3 is 1. The van der Waals surface area contributed by atoms with Crippen molar-refractivity contribution in [2.75, 3.05) is 13.9 Å². The van der Waals surface area contributed by atoms with Crippen molar-refractivity contribution in [1.29, 1.82) is 0 Å². The molecule has 1 heterocycles. The highest BCUT2D eigenvalue weighted by Gasteiger charge is 2.22. The fourth-order valence-corrected chi connectivity index (χ4v) is 0.957. The lowest BCUT2D eigenvalue weighted by Gasteiger charge is -2.23. The SMILES string of the molecule is COCO[C@H]1C=CC(=O)O[C@@H]1C. The van der Waals surface area contributed by atoms with Crippen LogP contribution in [0.5, 0.6) is 0 Å². The molecular formula is C8H12O4. The zero-order valence-electron chi connectivity index (χ0n) is 7.15. The number of cyclic esters (lactones) is 1. The Labute approximate surface area is 71.1 Å². The standard InChI is InChI=1S/C8H12O4/c1-6-7(11-5-10-2)3-4-8(9)12-6/h3-4,6-7H,5H2,1-2H3/t6-,7+/m1/s1. The van der Waals surface area contributed by atoms with Crippen LogP contribution in [-0.4, -0.2) is 32.1 Å². The van der Waals surface area contributed by atoms with Gasteiger partial charge in [0.15, 0.2) is 0 Å². The summed E-state index contributed by atoms with van der Waals surface area (Å²) < 4.78 is 14.8. The molecule has 4 heteroatoms. The highest BCUT2D eigenvalue weighted by atomic mass is 16.7. The summed E-state index contributed by atoms with van der Waals surface area (Å²) >= 11 is 0. The Morgan fingerprint density at radius 3 is 3.00 bits per heavy atom. The molecule has 0 fully saturated rings. The summed E-state index contributed by atoms with van der Waals surface area (Å²) in [6.07, 6.45) is 2.61. The first-order chi connectivity index (χ1) is 5.74. The quantitative estimate of drug-likeness (QED) is 0.458. The molecule has 0 aromatic rings. The summed E-state index contributed by atoms with van der Waals surface area (Å²) in [5.41, 5.74) is 0. The van der Waals surface area contributed by atoms with Crippen molar-refractivity contribution < 1.29 is 19.0 Å². The van der Waals surface area contributed by atoms with Gasteiger partial charge in [-0.05, 0) is 13.0 Å². The first-order valence-electron chi connectivity index (χ1n) is 3.73. The number of ether oxygens (including phenoxy) is 3. The normalized spacial score (nSPS) is 28.7. The predicted molar refractivity (Wildman–Crippen MR) is 41.4 cm³/mol. The van der Waals surface area contributed by atoms with Gasteiger partial charge < -0.3 is 14.2 Å². The van der Waals surface area contributed by atoms with Crippen molar-refractivity contribution in [3.63, 3.8) is 0 Å². The zero-order valence-corrected chi connectivity index (χ0v) is 7.15. The lowest BCUT2D eigenvalue weighted by atomic mass is 10.2. The fourth-order valence-electron chi connectivity index (χ4n) is 0.957. The molecule has 0 aromatic carbocycles. The van der Waals surface area contributed by atoms with E-state index in [4.69, 9.17) is 14.2 Å². The lowest BCUT2D eigenvalue weighted by Crippen LogP contribution is -2.33. The molecule has 0 bridgehead atoms. The Hall–Kier alpha value is -0.870. The van der Waals surface area contributed by atoms with Crippen molar-refractivity contribution >= 4 is 5.97 Å². The van der Waals surface area contributed by atoms with Crippen LogP contribution in [-0.2, 0) is 19.0 Å². The molecule has 0 amide bonds. The van der Waals surface area contributed by atoms with Crippen LogP contribution in [0.4, 0.5) is 0 Å². The summed E-state index contributed by atoms with van der Waals surface area (Å²) in [7, 11) is 1.54. The highest BCUT2D eigenvalue weighted by molar-refractivity contribution is 5.83. The average Bonchev–Trinajstić information content (AvgIpc) is 2.03. The Balaban J connectivity index is 2.43. The molecule has 2 atom stereocenters. The summed E-state index contributed by atoms with van der Waals surface area (Å²) in [5, 5.41) is 0. The van der Waals surface area contributed by atoms with Crippen LogP contribution in [0.15, 0.2) is 12.2 Å². The number of carbonyl (C=O) groups excluding carboxylic acids is 1. The van der Waals surface area contributed by atoms with E-state index in [-0.39, 0.29) is 25.0 Å². The lowest BCUT2D eigenvalue weighted by molar-refractivity contribution is -0.156. The summed E-state index contributed by atoms with van der Waals surface area (Å²) in [4.78, 5) is 10.7. The van der Waals surface area contributed by atoms with Crippen LogP contribution in [0.1, 0.15) is 6.92 Å². The molecule has 1 aliphatic rings. The van der Waals surface area contributed by atoms with Gasteiger partial charge in [-0.2, -0.15) is 0 Å². The van der Waals surface area contributed by atoms with Crippen molar-refractivity contribution in [2.24, 2.45) is 0 Å². The molecule has 0 saturated heterocycles. The minimum atomic E-state index is -0.320. The Morgan fingerprint density at radius 1 is 1.67 bits per heavy atom. The third-order valence-corrected chi connectivity index (χ3v) is 1.57. The maximum absolute atomic E-state index is 10.7. The van der Waals surface area contributed by atoms with E-state index < -0.39 is 0 Å². The molecular weight excluding hydrogens is 160 g/mol. The van der Waals surface area contributed by atoms with Crippen LogP contribution in [0.2, 0.25) is 0 Å². The first kappa shape index (κ1) is 9.22. The van der Waals surface area contributed by atoms with E-state index in [1.807, 2.05) is 0 Å². The van der Waals surface area contributed by atoms with E-state index in [0.717, 1.165) is 0 Å². The molecule has 1 aliphatic heterocycles. The number of rotatable bonds is 3. The number of hydrogen-bond donors (Lipinski definition) is 0. The van der Waals surface area contributed by atoms with Crippen molar-refractivity contribution in [2.45, 2.75) is 19.1 Å². The Bertz CT molecular complexity index is 187. The van der Waals surface area contributed by atoms with Crippen LogP contribution >= 0.6 is 0 Å². The van der Waals surface area contributed by atoms with Crippen molar-refractivity contribution in [3.05, 3.63) is 12.2 Å². The summed E-state index contributed by atoms with van der Waals surface area (Å²) in [5.74, 6) is -0.320. The van der Waals surface area contributed by atoms with E-state index in [1.54, 1.807) is 20.1 Å². The minimum Gasteiger partial charge on any atom is -0.456 e. The van der Waals surface area contributed by atoms with Gasteiger partial charge in [0.05, 0.1) is 0 Å². The smallest absolute Gasteiger partial charge is 0.330 e. The van der Waals surface area contributed by atoms with E-state index in [1.165, 1.54) is 6.08 Å². The molecule has 68 valence electrons. The second-order valence-electron chi connectivity index (χ2n) is 2.54. The number of carbonyl (C=O) groups is 1. The highest BCUT2D eigenvalue weighted by Crippen LogP contribution is 2.11. The molecule has 0 aromatic heterocycles. The zero-order chi connectivity index (χ0) is 8.97. The first-order valence-corrected chi connectivity index (χ1v) is 3.73. The second kappa shape index (κ2) is 4.23. The maximum Gasteiger partial charge on any atom is 0.330 e. The van der Waals surface area contributed by atoms with Crippen LogP contribution in [0.3, 0.4) is 0 Å². The molecule has 0 radical (unpaired) electrons. The van der Waals surface area contributed by atoms with Gasteiger partial charge in [-0.1, -0.05) is 0 Å². The fraction of sp³-hybridized carbons (Fsp3) is 0.625. The monoisotopic (exact) mass is 172 g/mol. The molecule has 1 rings (SSSR count). The molecule has 0 unspecified atom stereocenters. The van der Waals surface area contributed by atoms with Gasteiger partial charge in [-0.25, -0.2) is 4.79 Å². The molecule has 0 aliphatic carbocycles. The van der Waals surface area contributed by atoms with Crippen molar-refractivity contribution in [1.82, 2.24) is 0 Å². The van der Waals surface area contributed by atoms with Crippen LogP contribution in [0, 0.1) is 0 Å². The van der Waals surface area contributed by atoms with Gasteiger partial charge in [0.2, 0.25) is 0 Å². The van der Waals surface area contributed by atoms with Crippen LogP contribution < -0.4 is 0 Å².